The predicted molar refractivity (Wildman–Crippen MR) is 78.7 cm³/mol. The van der Waals surface area contributed by atoms with Gasteiger partial charge in [-0.1, -0.05) is 18.2 Å². The first-order valence-corrected chi connectivity index (χ1v) is 7.14. The van der Waals surface area contributed by atoms with Crippen molar-refractivity contribution >= 4 is 16.8 Å². The summed E-state index contributed by atoms with van der Waals surface area (Å²) in [5.41, 5.74) is 3.89. The fraction of sp³-hybridized carbons (Fsp3) is 0.438. The molecule has 4 nitrogen and oxygen atoms in total. The zero-order chi connectivity index (χ0) is 13.9. The smallest absolute Gasteiger partial charge is 0.222 e. The van der Waals surface area contributed by atoms with Gasteiger partial charge in [-0.05, 0) is 24.5 Å². The van der Waals surface area contributed by atoms with Gasteiger partial charge in [-0.3, -0.25) is 4.79 Å². The van der Waals surface area contributed by atoms with E-state index in [2.05, 4.69) is 28.5 Å². The lowest BCUT2D eigenvalue weighted by Crippen LogP contribution is -2.39. The van der Waals surface area contributed by atoms with Crippen molar-refractivity contribution in [3.8, 4) is 0 Å². The molecule has 1 amide bonds. The molecule has 1 atom stereocenters. The van der Waals surface area contributed by atoms with Gasteiger partial charge in [0.15, 0.2) is 0 Å². The molecule has 2 N–H and O–H groups in total. The SMILES string of the molecule is COCCC(=O)NC1CCc2c([nH]c3ccccc23)C1. The fourth-order valence-corrected chi connectivity index (χ4v) is 3.00. The van der Waals surface area contributed by atoms with E-state index in [0.29, 0.717) is 13.0 Å². The molecular weight excluding hydrogens is 252 g/mol. The van der Waals surface area contributed by atoms with E-state index in [9.17, 15) is 4.79 Å². The monoisotopic (exact) mass is 272 g/mol. The number of hydrogen-bond donors (Lipinski definition) is 2. The van der Waals surface area contributed by atoms with Gasteiger partial charge in [-0.2, -0.15) is 0 Å². The van der Waals surface area contributed by atoms with Crippen molar-refractivity contribution in [2.24, 2.45) is 0 Å². The second-order valence-electron chi connectivity index (χ2n) is 5.38. The van der Waals surface area contributed by atoms with Gasteiger partial charge < -0.3 is 15.0 Å². The molecule has 106 valence electrons. The average molecular weight is 272 g/mol. The molecule has 0 saturated carbocycles. The summed E-state index contributed by atoms with van der Waals surface area (Å²) in [6.07, 6.45) is 3.36. The zero-order valence-electron chi connectivity index (χ0n) is 11.7. The van der Waals surface area contributed by atoms with Crippen molar-refractivity contribution in [2.45, 2.75) is 31.7 Å². The number of methoxy groups -OCH3 is 1. The first-order chi connectivity index (χ1) is 9.78. The minimum Gasteiger partial charge on any atom is -0.384 e. The number of fused-ring (bicyclic) bond motifs is 3. The first kappa shape index (κ1) is 13.2. The Morgan fingerprint density at radius 3 is 3.15 bits per heavy atom. The van der Waals surface area contributed by atoms with Crippen molar-refractivity contribution in [2.75, 3.05) is 13.7 Å². The number of carbonyl (C=O) groups is 1. The normalized spacial score (nSPS) is 17.9. The molecule has 2 aromatic rings. The number of hydrogen-bond acceptors (Lipinski definition) is 2. The number of H-pyrrole nitrogens is 1. The Balaban J connectivity index is 1.71. The summed E-state index contributed by atoms with van der Waals surface area (Å²) in [5, 5.41) is 4.43. The quantitative estimate of drug-likeness (QED) is 0.896. The van der Waals surface area contributed by atoms with Crippen LogP contribution in [0.4, 0.5) is 0 Å². The van der Waals surface area contributed by atoms with Crippen LogP contribution in [0.15, 0.2) is 24.3 Å². The molecule has 0 bridgehead atoms. The van der Waals surface area contributed by atoms with Gasteiger partial charge in [0.2, 0.25) is 5.91 Å². The van der Waals surface area contributed by atoms with Gasteiger partial charge in [0.1, 0.15) is 0 Å². The summed E-state index contributed by atoms with van der Waals surface area (Å²) in [6, 6.07) is 8.64. The van der Waals surface area contributed by atoms with Crippen molar-refractivity contribution in [1.82, 2.24) is 10.3 Å². The van der Waals surface area contributed by atoms with Gasteiger partial charge in [0, 0.05) is 42.6 Å². The molecule has 0 saturated heterocycles. The predicted octanol–water partition coefficient (Wildman–Crippen LogP) is 2.18. The Morgan fingerprint density at radius 1 is 1.45 bits per heavy atom. The van der Waals surface area contributed by atoms with E-state index in [1.807, 2.05) is 6.07 Å². The number of ether oxygens (including phenoxy) is 1. The first-order valence-electron chi connectivity index (χ1n) is 7.14. The summed E-state index contributed by atoms with van der Waals surface area (Å²) in [6.45, 7) is 0.482. The largest absolute Gasteiger partial charge is 0.384 e. The van der Waals surface area contributed by atoms with Crippen LogP contribution < -0.4 is 5.32 Å². The van der Waals surface area contributed by atoms with Crippen LogP contribution in [0.5, 0.6) is 0 Å². The highest BCUT2D eigenvalue weighted by atomic mass is 16.5. The van der Waals surface area contributed by atoms with Crippen molar-refractivity contribution in [3.63, 3.8) is 0 Å². The van der Waals surface area contributed by atoms with E-state index < -0.39 is 0 Å². The fourth-order valence-electron chi connectivity index (χ4n) is 3.00. The van der Waals surface area contributed by atoms with Crippen LogP contribution >= 0.6 is 0 Å². The van der Waals surface area contributed by atoms with E-state index >= 15 is 0 Å². The van der Waals surface area contributed by atoms with E-state index in [1.54, 1.807) is 7.11 Å². The maximum atomic E-state index is 11.8. The molecule has 1 aliphatic rings. The second kappa shape index (κ2) is 5.67. The molecular formula is C16H20N2O2. The van der Waals surface area contributed by atoms with Crippen LogP contribution in [0.25, 0.3) is 10.9 Å². The lowest BCUT2D eigenvalue weighted by atomic mass is 9.91. The molecule has 0 radical (unpaired) electrons. The van der Waals surface area contributed by atoms with Gasteiger partial charge in [-0.15, -0.1) is 0 Å². The van der Waals surface area contributed by atoms with E-state index in [-0.39, 0.29) is 11.9 Å². The molecule has 1 aromatic heterocycles. The summed E-state index contributed by atoms with van der Waals surface area (Å²) in [5.74, 6) is 0.0800. The van der Waals surface area contributed by atoms with Crippen molar-refractivity contribution in [1.29, 1.82) is 0 Å². The molecule has 1 heterocycles. The lowest BCUT2D eigenvalue weighted by Gasteiger charge is -2.23. The van der Waals surface area contributed by atoms with E-state index in [4.69, 9.17) is 4.74 Å². The van der Waals surface area contributed by atoms with Gasteiger partial charge in [-0.25, -0.2) is 0 Å². The number of para-hydroxylation sites is 1. The number of carbonyl (C=O) groups excluding carboxylic acids is 1. The van der Waals surface area contributed by atoms with Crippen LogP contribution in [0, 0.1) is 0 Å². The Labute approximate surface area is 118 Å². The number of nitrogens with one attached hydrogen (secondary N) is 2. The van der Waals surface area contributed by atoms with Crippen molar-refractivity contribution in [3.05, 3.63) is 35.5 Å². The molecule has 20 heavy (non-hydrogen) atoms. The number of rotatable bonds is 4. The van der Waals surface area contributed by atoms with E-state index in [1.165, 1.54) is 22.2 Å². The number of aromatic amines is 1. The summed E-state index contributed by atoms with van der Waals surface area (Å²) >= 11 is 0. The van der Waals surface area contributed by atoms with Crippen LogP contribution in [0.2, 0.25) is 0 Å². The maximum Gasteiger partial charge on any atom is 0.222 e. The zero-order valence-corrected chi connectivity index (χ0v) is 11.7. The van der Waals surface area contributed by atoms with Crippen LogP contribution in [0.3, 0.4) is 0 Å². The molecule has 1 unspecified atom stereocenters. The molecule has 0 spiro atoms. The molecule has 4 heteroatoms. The van der Waals surface area contributed by atoms with Gasteiger partial charge >= 0.3 is 0 Å². The Bertz CT molecular complexity index is 618. The third-order valence-corrected chi connectivity index (χ3v) is 3.99. The maximum absolute atomic E-state index is 11.8. The lowest BCUT2D eigenvalue weighted by molar-refractivity contribution is -0.122. The highest BCUT2D eigenvalue weighted by molar-refractivity contribution is 5.85. The van der Waals surface area contributed by atoms with Crippen LogP contribution in [0.1, 0.15) is 24.1 Å². The highest BCUT2D eigenvalue weighted by Gasteiger charge is 2.23. The van der Waals surface area contributed by atoms with E-state index in [0.717, 1.165) is 19.3 Å². The van der Waals surface area contributed by atoms with Crippen LogP contribution in [-0.2, 0) is 22.4 Å². The molecule has 3 rings (SSSR count). The Kier molecular flexibility index (Phi) is 3.74. The molecule has 0 aliphatic heterocycles. The minimum atomic E-state index is 0.0800. The summed E-state index contributed by atoms with van der Waals surface area (Å²) in [4.78, 5) is 15.2. The number of amides is 1. The van der Waals surface area contributed by atoms with Crippen molar-refractivity contribution < 1.29 is 9.53 Å². The highest BCUT2D eigenvalue weighted by Crippen LogP contribution is 2.28. The third-order valence-electron chi connectivity index (χ3n) is 3.99. The molecule has 0 fully saturated rings. The summed E-state index contributed by atoms with van der Waals surface area (Å²) in [7, 11) is 1.62. The van der Waals surface area contributed by atoms with Gasteiger partial charge in [0.05, 0.1) is 6.61 Å². The third kappa shape index (κ3) is 2.56. The average Bonchev–Trinajstić information content (AvgIpc) is 2.82. The molecule has 1 aliphatic carbocycles. The topological polar surface area (TPSA) is 54.1 Å². The molecule has 1 aromatic carbocycles. The second-order valence-corrected chi connectivity index (χ2v) is 5.38. The summed E-state index contributed by atoms with van der Waals surface area (Å²) < 4.78 is 4.93. The Hall–Kier alpha value is -1.81. The number of aryl methyl sites for hydroxylation is 1. The standard InChI is InChI=1S/C16H20N2O2/c1-20-9-8-16(19)17-11-6-7-13-12-4-2-3-5-14(12)18-15(13)10-11/h2-5,11,18H,6-10H2,1H3,(H,17,19). The number of aromatic nitrogens is 1. The number of benzene rings is 1. The van der Waals surface area contributed by atoms with Gasteiger partial charge in [0.25, 0.3) is 0 Å². The van der Waals surface area contributed by atoms with Crippen LogP contribution in [-0.4, -0.2) is 30.6 Å². The Morgan fingerprint density at radius 2 is 2.30 bits per heavy atom. The minimum absolute atomic E-state index is 0.0800.